The molecule has 0 saturated carbocycles. The van der Waals surface area contributed by atoms with Gasteiger partial charge in [0, 0.05) is 17.6 Å². The Hall–Kier alpha value is -2.42. The van der Waals surface area contributed by atoms with Gasteiger partial charge in [0.1, 0.15) is 0 Å². The molecule has 1 unspecified atom stereocenters. The first kappa shape index (κ1) is 22.9. The van der Waals surface area contributed by atoms with E-state index in [9.17, 15) is 18.0 Å². The Morgan fingerprint density at radius 2 is 1.76 bits per heavy atom. The maximum atomic E-state index is 12.4. The first-order chi connectivity index (χ1) is 13.6. The first-order valence-corrected chi connectivity index (χ1v) is 10.8. The van der Waals surface area contributed by atoms with Crippen molar-refractivity contribution in [2.24, 2.45) is 0 Å². The number of halogens is 1. The second-order valence-corrected chi connectivity index (χ2v) is 8.78. The summed E-state index contributed by atoms with van der Waals surface area (Å²) in [5.74, 6) is -1.30. The molecule has 0 aromatic heterocycles. The van der Waals surface area contributed by atoms with Crippen LogP contribution in [0.4, 0.5) is 0 Å². The molecule has 0 spiro atoms. The normalized spacial score (nSPS) is 12.4. The number of rotatable bonds is 8. The average molecular weight is 439 g/mol. The van der Waals surface area contributed by atoms with Gasteiger partial charge in [0.2, 0.25) is 10.0 Å². The third kappa shape index (κ3) is 6.56. The molecule has 0 radical (unpaired) electrons. The predicted molar refractivity (Wildman–Crippen MR) is 110 cm³/mol. The summed E-state index contributed by atoms with van der Waals surface area (Å²) in [6, 6.07) is 12.2. The fourth-order valence-electron chi connectivity index (χ4n) is 2.42. The van der Waals surface area contributed by atoms with Gasteiger partial charge in [-0.2, -0.15) is 0 Å². The molecule has 7 nitrogen and oxygen atoms in total. The molecule has 0 aliphatic rings. The maximum absolute atomic E-state index is 12.4. The number of sulfonamides is 1. The molecule has 2 aromatic carbocycles. The van der Waals surface area contributed by atoms with Crippen molar-refractivity contribution < 1.29 is 22.7 Å². The standard InChI is InChI=1S/C20H23ClN2O5S/c1-13(2)23-29(26,27)17-9-6-8-15(11-17)20(25)28-14(3)19(24)22-12-16-7-4-5-10-18(16)21/h4-11,13-14,23H,12H2,1-3H3,(H,22,24). The van der Waals surface area contributed by atoms with Gasteiger partial charge in [-0.3, -0.25) is 4.79 Å². The molecule has 0 aliphatic carbocycles. The number of hydrogen-bond acceptors (Lipinski definition) is 5. The van der Waals surface area contributed by atoms with E-state index >= 15 is 0 Å². The average Bonchev–Trinajstić information content (AvgIpc) is 2.66. The molecule has 2 N–H and O–H groups in total. The Bertz CT molecular complexity index is 992. The summed E-state index contributed by atoms with van der Waals surface area (Å²) in [6.45, 7) is 5.01. The number of carbonyl (C=O) groups is 2. The van der Waals surface area contributed by atoms with Crippen molar-refractivity contribution in [3.05, 3.63) is 64.7 Å². The topological polar surface area (TPSA) is 102 Å². The molecule has 0 aliphatic heterocycles. The first-order valence-electron chi connectivity index (χ1n) is 8.94. The van der Waals surface area contributed by atoms with Gasteiger partial charge < -0.3 is 10.1 Å². The van der Waals surface area contributed by atoms with Crippen LogP contribution < -0.4 is 10.0 Å². The van der Waals surface area contributed by atoms with Crippen LogP contribution in [0.15, 0.2) is 53.4 Å². The van der Waals surface area contributed by atoms with Gasteiger partial charge in [-0.15, -0.1) is 0 Å². The lowest BCUT2D eigenvalue weighted by Gasteiger charge is -2.15. The zero-order valence-electron chi connectivity index (χ0n) is 16.3. The second-order valence-electron chi connectivity index (χ2n) is 6.66. The van der Waals surface area contributed by atoms with Crippen LogP contribution >= 0.6 is 11.6 Å². The number of hydrogen-bond donors (Lipinski definition) is 2. The highest BCUT2D eigenvalue weighted by atomic mass is 35.5. The van der Waals surface area contributed by atoms with Crippen molar-refractivity contribution in [1.29, 1.82) is 0 Å². The largest absolute Gasteiger partial charge is 0.449 e. The van der Waals surface area contributed by atoms with E-state index in [1.807, 2.05) is 0 Å². The SMILES string of the molecule is CC(C)NS(=O)(=O)c1cccc(C(=O)OC(C)C(=O)NCc2ccccc2Cl)c1. The maximum Gasteiger partial charge on any atom is 0.338 e. The van der Waals surface area contributed by atoms with Crippen LogP contribution in [-0.4, -0.2) is 32.4 Å². The second kappa shape index (κ2) is 9.87. The summed E-state index contributed by atoms with van der Waals surface area (Å²) in [4.78, 5) is 24.5. The number of esters is 1. The van der Waals surface area contributed by atoms with Crippen molar-refractivity contribution in [2.75, 3.05) is 0 Å². The molecule has 9 heteroatoms. The number of benzene rings is 2. The van der Waals surface area contributed by atoms with E-state index in [0.717, 1.165) is 5.56 Å². The lowest BCUT2D eigenvalue weighted by atomic mass is 10.2. The van der Waals surface area contributed by atoms with E-state index < -0.39 is 28.0 Å². The van der Waals surface area contributed by atoms with Crippen LogP contribution in [-0.2, 0) is 26.1 Å². The molecule has 2 aromatic rings. The molecule has 1 atom stereocenters. The smallest absolute Gasteiger partial charge is 0.338 e. The minimum atomic E-state index is -3.75. The number of amides is 1. The number of carbonyl (C=O) groups excluding carboxylic acids is 2. The summed E-state index contributed by atoms with van der Waals surface area (Å²) < 4.78 is 32.1. The quantitative estimate of drug-likeness (QED) is 0.617. The van der Waals surface area contributed by atoms with Crippen LogP contribution in [0.25, 0.3) is 0 Å². The van der Waals surface area contributed by atoms with Gasteiger partial charge in [0.05, 0.1) is 10.5 Å². The third-order valence-corrected chi connectivity index (χ3v) is 5.86. The molecule has 29 heavy (non-hydrogen) atoms. The van der Waals surface area contributed by atoms with Crippen LogP contribution in [0, 0.1) is 0 Å². The van der Waals surface area contributed by atoms with E-state index in [1.54, 1.807) is 38.1 Å². The summed E-state index contributed by atoms with van der Waals surface area (Å²) in [5, 5.41) is 3.17. The van der Waals surface area contributed by atoms with Crippen LogP contribution in [0.2, 0.25) is 5.02 Å². The Labute approximate surface area is 175 Å². The van der Waals surface area contributed by atoms with Gasteiger partial charge in [-0.25, -0.2) is 17.9 Å². The Balaban J connectivity index is 2.01. The molecular formula is C20H23ClN2O5S. The molecule has 0 saturated heterocycles. The van der Waals surface area contributed by atoms with Crippen LogP contribution in [0.1, 0.15) is 36.7 Å². The molecule has 0 bridgehead atoms. The highest BCUT2D eigenvalue weighted by molar-refractivity contribution is 7.89. The highest BCUT2D eigenvalue weighted by Crippen LogP contribution is 2.15. The minimum Gasteiger partial charge on any atom is -0.449 e. The van der Waals surface area contributed by atoms with E-state index in [1.165, 1.54) is 31.2 Å². The van der Waals surface area contributed by atoms with Crippen molar-refractivity contribution >= 4 is 33.5 Å². The monoisotopic (exact) mass is 438 g/mol. The van der Waals surface area contributed by atoms with E-state index in [0.29, 0.717) is 5.02 Å². The third-order valence-electron chi connectivity index (χ3n) is 3.83. The molecule has 0 heterocycles. The number of nitrogens with one attached hydrogen (secondary N) is 2. The van der Waals surface area contributed by atoms with E-state index in [-0.39, 0.29) is 23.0 Å². The molecule has 156 valence electrons. The molecule has 2 rings (SSSR count). The van der Waals surface area contributed by atoms with Crippen molar-refractivity contribution in [2.45, 2.75) is 44.4 Å². The molecular weight excluding hydrogens is 416 g/mol. The van der Waals surface area contributed by atoms with Crippen LogP contribution in [0.3, 0.4) is 0 Å². The van der Waals surface area contributed by atoms with Crippen molar-refractivity contribution in [1.82, 2.24) is 10.0 Å². The lowest BCUT2D eigenvalue weighted by Crippen LogP contribution is -2.35. The van der Waals surface area contributed by atoms with Crippen molar-refractivity contribution in [3.8, 4) is 0 Å². The fourth-order valence-corrected chi connectivity index (χ4v) is 3.92. The minimum absolute atomic E-state index is 0.0300. The van der Waals surface area contributed by atoms with Crippen LogP contribution in [0.5, 0.6) is 0 Å². The van der Waals surface area contributed by atoms with Gasteiger partial charge >= 0.3 is 5.97 Å². The lowest BCUT2D eigenvalue weighted by molar-refractivity contribution is -0.129. The van der Waals surface area contributed by atoms with Gasteiger partial charge in [0.15, 0.2) is 6.10 Å². The predicted octanol–water partition coefficient (Wildman–Crippen LogP) is 2.89. The van der Waals surface area contributed by atoms with Gasteiger partial charge in [-0.1, -0.05) is 35.9 Å². The van der Waals surface area contributed by atoms with Gasteiger partial charge in [-0.05, 0) is 50.6 Å². The summed E-state index contributed by atoms with van der Waals surface area (Å²) in [7, 11) is -3.75. The molecule has 1 amide bonds. The highest BCUT2D eigenvalue weighted by Gasteiger charge is 2.21. The van der Waals surface area contributed by atoms with Crippen molar-refractivity contribution in [3.63, 3.8) is 0 Å². The Kier molecular flexibility index (Phi) is 7.78. The summed E-state index contributed by atoms with van der Waals surface area (Å²) >= 11 is 6.04. The summed E-state index contributed by atoms with van der Waals surface area (Å²) in [6.07, 6.45) is -1.07. The van der Waals surface area contributed by atoms with Gasteiger partial charge in [0.25, 0.3) is 5.91 Å². The zero-order chi connectivity index (χ0) is 21.6. The zero-order valence-corrected chi connectivity index (χ0v) is 17.9. The Morgan fingerprint density at radius 3 is 2.41 bits per heavy atom. The number of ether oxygens (including phenoxy) is 1. The summed E-state index contributed by atoms with van der Waals surface area (Å²) in [5.41, 5.74) is 0.763. The Morgan fingerprint density at radius 1 is 1.07 bits per heavy atom. The van der Waals surface area contributed by atoms with E-state index in [2.05, 4.69) is 10.0 Å². The van der Waals surface area contributed by atoms with E-state index in [4.69, 9.17) is 16.3 Å². The molecule has 0 fully saturated rings. The fraction of sp³-hybridized carbons (Fsp3) is 0.300.